The van der Waals surface area contributed by atoms with Crippen molar-refractivity contribution in [1.82, 2.24) is 14.9 Å². The molecule has 9 heteroatoms. The zero-order chi connectivity index (χ0) is 28.9. The van der Waals surface area contributed by atoms with Crippen LogP contribution in [0.15, 0.2) is 63.8 Å². The normalized spacial score (nSPS) is 18.4. The molecule has 9 nitrogen and oxygen atoms in total. The van der Waals surface area contributed by atoms with Crippen LogP contribution in [0, 0.1) is 0 Å². The number of benzene rings is 2. The molecule has 1 saturated carbocycles. The number of anilines is 1. The molecule has 2 fully saturated rings. The molecule has 4 aromatic rings. The molecule has 0 bridgehead atoms. The largest absolute Gasteiger partial charge is 0.444 e. The first-order chi connectivity index (χ1) is 19.5. The summed E-state index contributed by atoms with van der Waals surface area (Å²) in [6, 6.07) is 17.7. The van der Waals surface area contributed by atoms with E-state index in [0.717, 1.165) is 36.0 Å². The number of rotatable bonds is 5. The van der Waals surface area contributed by atoms with Crippen LogP contribution in [0.3, 0.4) is 0 Å². The molecule has 3 heterocycles. The van der Waals surface area contributed by atoms with Crippen LogP contribution < -0.4 is 15.8 Å². The summed E-state index contributed by atoms with van der Waals surface area (Å²) in [4.78, 5) is 33.1. The van der Waals surface area contributed by atoms with E-state index in [4.69, 9.17) is 14.1 Å². The maximum Gasteiger partial charge on any atom is 0.408 e. The van der Waals surface area contributed by atoms with E-state index in [0.29, 0.717) is 42.2 Å². The quantitative estimate of drug-likeness (QED) is 0.342. The monoisotopic (exact) mass is 556 g/mol. The van der Waals surface area contributed by atoms with Crippen LogP contribution in [-0.4, -0.2) is 45.5 Å². The molecule has 2 aromatic carbocycles. The Hall–Kier alpha value is -4.11. The molecule has 0 spiro atoms. The lowest BCUT2D eigenvalue weighted by molar-refractivity contribution is 0.0377. The number of hydrogen-bond acceptors (Lipinski definition) is 7. The Labute approximate surface area is 238 Å². The van der Waals surface area contributed by atoms with E-state index in [1.807, 2.05) is 80.3 Å². The molecule has 1 atom stereocenters. The fourth-order valence-corrected chi connectivity index (χ4v) is 5.87. The van der Waals surface area contributed by atoms with Crippen LogP contribution in [0.2, 0.25) is 0 Å². The highest BCUT2D eigenvalue weighted by Gasteiger charge is 2.41. The van der Waals surface area contributed by atoms with Crippen molar-refractivity contribution in [3.05, 3.63) is 70.5 Å². The number of β-amino-alcohol motifs (C(OH)–C–C–N with tert-alkyl or cyclic N) is 1. The third-order valence-corrected chi connectivity index (χ3v) is 8.07. The summed E-state index contributed by atoms with van der Waals surface area (Å²) < 4.78 is 13.5. The molecule has 2 aliphatic rings. The molecule has 214 valence electrons. The SMILES string of the molecule is Cn1c(N2CCC(O)C2)nc2oc(-c3ccc(C4(NC(=O)OC(C)(C)C)CCC4)cc3)c(-c3ccccc3)c2c1=O. The van der Waals surface area contributed by atoms with Crippen molar-refractivity contribution in [2.45, 2.75) is 63.7 Å². The Morgan fingerprint density at radius 2 is 1.80 bits per heavy atom. The van der Waals surface area contributed by atoms with Gasteiger partial charge in [0.2, 0.25) is 11.7 Å². The molecule has 1 aliphatic carbocycles. The van der Waals surface area contributed by atoms with Gasteiger partial charge >= 0.3 is 6.09 Å². The number of carbonyl (C=O) groups is 1. The predicted molar refractivity (Wildman–Crippen MR) is 158 cm³/mol. The molecule has 41 heavy (non-hydrogen) atoms. The summed E-state index contributed by atoms with van der Waals surface area (Å²) in [5.41, 5.74) is 2.38. The van der Waals surface area contributed by atoms with Gasteiger partial charge < -0.3 is 24.5 Å². The first-order valence-electron chi connectivity index (χ1n) is 14.2. The van der Waals surface area contributed by atoms with Gasteiger partial charge in [0, 0.05) is 31.3 Å². The van der Waals surface area contributed by atoms with Crippen LogP contribution in [0.4, 0.5) is 10.7 Å². The summed E-state index contributed by atoms with van der Waals surface area (Å²) in [5.74, 6) is 1.04. The van der Waals surface area contributed by atoms with Gasteiger partial charge in [0.25, 0.3) is 5.56 Å². The van der Waals surface area contributed by atoms with E-state index in [1.165, 1.54) is 4.57 Å². The van der Waals surface area contributed by atoms with Crippen molar-refractivity contribution >= 4 is 23.1 Å². The number of carbonyl (C=O) groups excluding carboxylic acids is 1. The van der Waals surface area contributed by atoms with Crippen LogP contribution >= 0.6 is 0 Å². The summed E-state index contributed by atoms with van der Waals surface area (Å²) in [5, 5.41) is 13.6. The molecule has 1 amide bonds. The number of furan rings is 1. The lowest BCUT2D eigenvalue weighted by Crippen LogP contribution is -2.52. The molecule has 6 rings (SSSR count). The number of aromatic nitrogens is 2. The third-order valence-electron chi connectivity index (χ3n) is 8.07. The zero-order valence-electron chi connectivity index (χ0n) is 23.9. The molecule has 2 N–H and O–H groups in total. The molecule has 1 saturated heterocycles. The number of aliphatic hydroxyl groups excluding tert-OH is 1. The topological polar surface area (TPSA) is 110 Å². The molecule has 0 radical (unpaired) electrons. The summed E-state index contributed by atoms with van der Waals surface area (Å²) in [7, 11) is 1.71. The van der Waals surface area contributed by atoms with Gasteiger partial charge in [-0.1, -0.05) is 54.6 Å². The zero-order valence-corrected chi connectivity index (χ0v) is 23.9. The highest BCUT2D eigenvalue weighted by Crippen LogP contribution is 2.44. The standard InChI is InChI=1S/C32H36N4O5/c1-31(2,3)41-30(39)34-32(16-8-17-32)22-13-11-21(12-14-22)26-24(20-9-6-5-7-10-20)25-27(40-26)33-29(35(4)28(25)38)36-18-15-23(37)19-36/h5-7,9-14,23,37H,8,15-19H2,1-4H3,(H,34,39). The molecular weight excluding hydrogens is 520 g/mol. The minimum absolute atomic E-state index is 0.202. The maximum absolute atomic E-state index is 13.8. The van der Waals surface area contributed by atoms with Gasteiger partial charge in [0.15, 0.2) is 0 Å². The van der Waals surface area contributed by atoms with Crippen LogP contribution in [0.5, 0.6) is 0 Å². The fourth-order valence-electron chi connectivity index (χ4n) is 5.87. The third kappa shape index (κ3) is 4.99. The molecule has 1 unspecified atom stereocenters. The second-order valence-electron chi connectivity index (χ2n) is 12.2. The average Bonchev–Trinajstić information content (AvgIpc) is 3.52. The first kappa shape index (κ1) is 27.1. The number of fused-ring (bicyclic) bond motifs is 1. The number of ether oxygens (including phenoxy) is 1. The van der Waals surface area contributed by atoms with Crippen molar-refractivity contribution in [2.24, 2.45) is 7.05 Å². The van der Waals surface area contributed by atoms with Crippen molar-refractivity contribution in [3.8, 4) is 22.5 Å². The van der Waals surface area contributed by atoms with Gasteiger partial charge in [-0.2, -0.15) is 4.98 Å². The highest BCUT2D eigenvalue weighted by atomic mass is 16.6. The van der Waals surface area contributed by atoms with Crippen LogP contribution in [-0.2, 0) is 17.3 Å². The summed E-state index contributed by atoms with van der Waals surface area (Å²) in [6.45, 7) is 6.60. The van der Waals surface area contributed by atoms with Gasteiger partial charge in [0.05, 0.1) is 11.6 Å². The van der Waals surface area contributed by atoms with E-state index in [1.54, 1.807) is 7.05 Å². The minimum atomic E-state index is -0.576. The lowest BCUT2D eigenvalue weighted by atomic mass is 9.71. The van der Waals surface area contributed by atoms with Gasteiger partial charge in [-0.15, -0.1) is 0 Å². The number of alkyl carbamates (subject to hydrolysis) is 1. The van der Waals surface area contributed by atoms with E-state index in [-0.39, 0.29) is 11.3 Å². The second kappa shape index (κ2) is 10.1. The number of hydrogen-bond donors (Lipinski definition) is 2. The summed E-state index contributed by atoms with van der Waals surface area (Å²) in [6.07, 6.45) is 2.44. The van der Waals surface area contributed by atoms with Gasteiger partial charge in [-0.3, -0.25) is 9.36 Å². The van der Waals surface area contributed by atoms with E-state index < -0.39 is 23.3 Å². The average molecular weight is 557 g/mol. The van der Waals surface area contributed by atoms with Gasteiger partial charge in [0.1, 0.15) is 16.7 Å². The number of nitrogens with one attached hydrogen (secondary N) is 1. The smallest absolute Gasteiger partial charge is 0.408 e. The predicted octanol–water partition coefficient (Wildman–Crippen LogP) is 5.34. The van der Waals surface area contributed by atoms with Gasteiger partial charge in [-0.25, -0.2) is 4.79 Å². The van der Waals surface area contributed by atoms with Crippen molar-refractivity contribution < 1.29 is 19.1 Å². The maximum atomic E-state index is 13.8. The van der Waals surface area contributed by atoms with E-state index in [9.17, 15) is 14.7 Å². The van der Waals surface area contributed by atoms with Crippen molar-refractivity contribution in [1.29, 1.82) is 0 Å². The van der Waals surface area contributed by atoms with Crippen LogP contribution in [0.1, 0.15) is 52.0 Å². The second-order valence-corrected chi connectivity index (χ2v) is 12.2. The Morgan fingerprint density at radius 1 is 1.10 bits per heavy atom. The van der Waals surface area contributed by atoms with Crippen LogP contribution in [0.25, 0.3) is 33.6 Å². The first-order valence-corrected chi connectivity index (χ1v) is 14.2. The Balaban J connectivity index is 1.42. The Kier molecular flexibility index (Phi) is 6.65. The van der Waals surface area contributed by atoms with Gasteiger partial charge in [-0.05, 0) is 57.6 Å². The molecule has 1 aliphatic heterocycles. The number of aliphatic hydroxyl groups is 1. The van der Waals surface area contributed by atoms with Crippen molar-refractivity contribution in [2.75, 3.05) is 18.0 Å². The van der Waals surface area contributed by atoms with Crippen molar-refractivity contribution in [3.63, 3.8) is 0 Å². The van der Waals surface area contributed by atoms with E-state index in [2.05, 4.69) is 5.32 Å². The lowest BCUT2D eigenvalue weighted by Gasteiger charge is -2.43. The Morgan fingerprint density at radius 3 is 2.39 bits per heavy atom. The minimum Gasteiger partial charge on any atom is -0.444 e. The molecular formula is C32H36N4O5. The fraction of sp³-hybridized carbons (Fsp3) is 0.406. The Bertz CT molecular complexity index is 1650. The summed E-state index contributed by atoms with van der Waals surface area (Å²) >= 11 is 0. The highest BCUT2D eigenvalue weighted by molar-refractivity contribution is 6.00. The molecule has 2 aromatic heterocycles. The number of amides is 1. The van der Waals surface area contributed by atoms with E-state index >= 15 is 0 Å². The number of nitrogens with zero attached hydrogens (tertiary/aromatic N) is 3.